The largest absolute Gasteiger partial charge is 0.389 e. The highest BCUT2D eigenvalue weighted by atomic mass is 16.7. The van der Waals surface area contributed by atoms with Crippen LogP contribution < -0.4 is 5.32 Å². The Bertz CT molecular complexity index is 262. The summed E-state index contributed by atoms with van der Waals surface area (Å²) in [7, 11) is 0. The second-order valence-electron chi connectivity index (χ2n) is 5.84. The summed E-state index contributed by atoms with van der Waals surface area (Å²) in [6, 6.07) is 0.526. The van der Waals surface area contributed by atoms with Crippen LogP contribution in [0.2, 0.25) is 0 Å². The average Bonchev–Trinajstić information content (AvgIpc) is 2.75. The fourth-order valence-electron chi connectivity index (χ4n) is 3.14. The average molecular weight is 241 g/mol. The Morgan fingerprint density at radius 3 is 2.24 bits per heavy atom. The molecule has 1 spiro atoms. The Labute approximate surface area is 103 Å². The zero-order valence-corrected chi connectivity index (χ0v) is 10.4. The van der Waals surface area contributed by atoms with Crippen LogP contribution in [0.4, 0.5) is 0 Å². The number of hydrogen-bond donors (Lipinski definition) is 2. The Hall–Kier alpha value is -0.160. The van der Waals surface area contributed by atoms with Crippen molar-refractivity contribution in [2.45, 2.75) is 62.4 Å². The number of hydrogen-bond acceptors (Lipinski definition) is 4. The molecule has 1 heterocycles. The van der Waals surface area contributed by atoms with Gasteiger partial charge in [0, 0.05) is 25.4 Å². The molecule has 17 heavy (non-hydrogen) atoms. The number of aliphatic hydroxyl groups is 1. The molecule has 2 saturated carbocycles. The minimum absolute atomic E-state index is 0.258. The van der Waals surface area contributed by atoms with Crippen molar-refractivity contribution in [2.75, 3.05) is 19.8 Å². The van der Waals surface area contributed by atoms with Gasteiger partial charge in [0.2, 0.25) is 0 Å². The molecule has 0 atom stereocenters. The lowest BCUT2D eigenvalue weighted by Gasteiger charge is -2.40. The van der Waals surface area contributed by atoms with E-state index < -0.39 is 5.60 Å². The van der Waals surface area contributed by atoms with Crippen LogP contribution in [0.3, 0.4) is 0 Å². The third kappa shape index (κ3) is 2.50. The van der Waals surface area contributed by atoms with E-state index in [2.05, 4.69) is 5.32 Å². The molecule has 0 unspecified atom stereocenters. The van der Waals surface area contributed by atoms with Gasteiger partial charge in [0.15, 0.2) is 5.79 Å². The van der Waals surface area contributed by atoms with E-state index in [1.807, 2.05) is 0 Å². The molecule has 4 heteroatoms. The SMILES string of the molecule is OC1(CNC2CCC3(CC2)OCCO3)CCC1. The monoisotopic (exact) mass is 241 g/mol. The molecule has 0 aromatic heterocycles. The topological polar surface area (TPSA) is 50.7 Å². The molecule has 0 aromatic carbocycles. The molecule has 1 aliphatic heterocycles. The van der Waals surface area contributed by atoms with E-state index in [1.54, 1.807) is 0 Å². The quantitative estimate of drug-likeness (QED) is 0.779. The molecule has 0 bridgehead atoms. The van der Waals surface area contributed by atoms with E-state index in [0.717, 1.165) is 58.3 Å². The Morgan fingerprint density at radius 1 is 1.06 bits per heavy atom. The van der Waals surface area contributed by atoms with Crippen LogP contribution >= 0.6 is 0 Å². The van der Waals surface area contributed by atoms with Gasteiger partial charge >= 0.3 is 0 Å². The lowest BCUT2D eigenvalue weighted by atomic mass is 9.80. The second kappa shape index (κ2) is 4.50. The van der Waals surface area contributed by atoms with Crippen molar-refractivity contribution >= 4 is 0 Å². The molecular weight excluding hydrogens is 218 g/mol. The molecule has 1 saturated heterocycles. The maximum absolute atomic E-state index is 10.0. The van der Waals surface area contributed by atoms with Crippen LogP contribution in [0, 0.1) is 0 Å². The van der Waals surface area contributed by atoms with Crippen molar-refractivity contribution in [1.82, 2.24) is 5.32 Å². The maximum atomic E-state index is 10.0. The smallest absolute Gasteiger partial charge is 0.168 e. The number of ether oxygens (including phenoxy) is 2. The lowest BCUT2D eigenvalue weighted by Crippen LogP contribution is -2.50. The van der Waals surface area contributed by atoms with Crippen molar-refractivity contribution in [2.24, 2.45) is 0 Å². The van der Waals surface area contributed by atoms with Crippen molar-refractivity contribution in [3.63, 3.8) is 0 Å². The van der Waals surface area contributed by atoms with Gasteiger partial charge in [-0.3, -0.25) is 0 Å². The van der Waals surface area contributed by atoms with Gasteiger partial charge in [-0.15, -0.1) is 0 Å². The minimum Gasteiger partial charge on any atom is -0.389 e. The van der Waals surface area contributed by atoms with Gasteiger partial charge in [-0.25, -0.2) is 0 Å². The predicted molar refractivity (Wildman–Crippen MR) is 63.7 cm³/mol. The lowest BCUT2D eigenvalue weighted by molar-refractivity contribution is -0.180. The summed E-state index contributed by atoms with van der Waals surface area (Å²) >= 11 is 0. The third-order valence-electron chi connectivity index (χ3n) is 4.57. The van der Waals surface area contributed by atoms with Gasteiger partial charge in [0.05, 0.1) is 18.8 Å². The van der Waals surface area contributed by atoms with Crippen LogP contribution in [-0.2, 0) is 9.47 Å². The van der Waals surface area contributed by atoms with E-state index in [0.29, 0.717) is 6.04 Å². The van der Waals surface area contributed by atoms with Crippen molar-refractivity contribution in [3.8, 4) is 0 Å². The van der Waals surface area contributed by atoms with Crippen molar-refractivity contribution < 1.29 is 14.6 Å². The van der Waals surface area contributed by atoms with E-state index in [9.17, 15) is 5.11 Å². The summed E-state index contributed by atoms with van der Waals surface area (Å²) in [4.78, 5) is 0. The Balaban J connectivity index is 1.42. The zero-order chi connectivity index (χ0) is 11.8. The first-order chi connectivity index (χ1) is 8.20. The van der Waals surface area contributed by atoms with Crippen LogP contribution in [0.5, 0.6) is 0 Å². The maximum Gasteiger partial charge on any atom is 0.168 e. The molecule has 0 radical (unpaired) electrons. The highest BCUT2D eigenvalue weighted by Crippen LogP contribution is 2.36. The van der Waals surface area contributed by atoms with Crippen LogP contribution in [0.15, 0.2) is 0 Å². The van der Waals surface area contributed by atoms with Gasteiger partial charge in [-0.05, 0) is 32.1 Å². The first kappa shape index (κ1) is 11.9. The van der Waals surface area contributed by atoms with Gasteiger partial charge in [-0.1, -0.05) is 0 Å². The normalized spacial score (nSPS) is 31.6. The standard InChI is InChI=1S/C13H23NO3/c15-12(4-1-5-12)10-14-11-2-6-13(7-3-11)16-8-9-17-13/h11,14-15H,1-10H2. The number of nitrogens with one attached hydrogen (secondary N) is 1. The molecule has 4 nitrogen and oxygen atoms in total. The van der Waals surface area contributed by atoms with E-state index >= 15 is 0 Å². The summed E-state index contributed by atoms with van der Waals surface area (Å²) in [5.41, 5.74) is -0.407. The molecule has 0 amide bonds. The highest BCUT2D eigenvalue weighted by molar-refractivity contribution is 4.92. The zero-order valence-electron chi connectivity index (χ0n) is 10.4. The van der Waals surface area contributed by atoms with Gasteiger partial charge < -0.3 is 19.9 Å². The summed E-state index contributed by atoms with van der Waals surface area (Å²) in [5.74, 6) is -0.258. The molecule has 2 N–H and O–H groups in total. The van der Waals surface area contributed by atoms with Crippen LogP contribution in [-0.4, -0.2) is 42.3 Å². The Morgan fingerprint density at radius 2 is 1.71 bits per heavy atom. The highest BCUT2D eigenvalue weighted by Gasteiger charge is 2.41. The Kier molecular flexibility index (Phi) is 3.15. The van der Waals surface area contributed by atoms with Crippen molar-refractivity contribution in [1.29, 1.82) is 0 Å². The van der Waals surface area contributed by atoms with Crippen LogP contribution in [0.1, 0.15) is 44.9 Å². The third-order valence-corrected chi connectivity index (χ3v) is 4.57. The van der Waals surface area contributed by atoms with E-state index in [4.69, 9.17) is 9.47 Å². The summed E-state index contributed by atoms with van der Waals surface area (Å²) in [6.07, 6.45) is 7.26. The first-order valence-corrected chi connectivity index (χ1v) is 6.94. The molecular formula is C13H23NO3. The molecule has 3 rings (SSSR count). The predicted octanol–water partition coefficient (Wildman–Crippen LogP) is 1.18. The summed E-state index contributed by atoms with van der Waals surface area (Å²) in [6.45, 7) is 2.25. The van der Waals surface area contributed by atoms with Crippen LogP contribution in [0.25, 0.3) is 0 Å². The number of rotatable bonds is 3. The molecule has 3 aliphatic rings. The fourth-order valence-corrected chi connectivity index (χ4v) is 3.14. The summed E-state index contributed by atoms with van der Waals surface area (Å²) < 4.78 is 11.4. The van der Waals surface area contributed by atoms with Gasteiger partial charge in [-0.2, -0.15) is 0 Å². The summed E-state index contributed by atoms with van der Waals surface area (Å²) in [5, 5.41) is 13.5. The minimum atomic E-state index is -0.407. The molecule has 2 aliphatic carbocycles. The van der Waals surface area contributed by atoms with Gasteiger partial charge in [0.1, 0.15) is 0 Å². The van der Waals surface area contributed by atoms with Crippen molar-refractivity contribution in [3.05, 3.63) is 0 Å². The molecule has 98 valence electrons. The van der Waals surface area contributed by atoms with E-state index in [-0.39, 0.29) is 5.79 Å². The molecule has 3 fully saturated rings. The molecule has 0 aromatic rings. The first-order valence-electron chi connectivity index (χ1n) is 6.94. The van der Waals surface area contributed by atoms with E-state index in [1.165, 1.54) is 6.42 Å². The van der Waals surface area contributed by atoms with Gasteiger partial charge in [0.25, 0.3) is 0 Å². The second-order valence-corrected chi connectivity index (χ2v) is 5.84. The fraction of sp³-hybridized carbons (Fsp3) is 1.00.